The summed E-state index contributed by atoms with van der Waals surface area (Å²) in [7, 11) is -0.323. The normalized spacial score (nSPS) is 23.4. The predicted molar refractivity (Wildman–Crippen MR) is 89.7 cm³/mol. The Morgan fingerprint density at radius 1 is 1.14 bits per heavy atom. The molecular formula is C18H27BO3. The molecule has 0 bridgehead atoms. The molecule has 2 aliphatic rings. The summed E-state index contributed by atoms with van der Waals surface area (Å²) >= 11 is 0. The third kappa shape index (κ3) is 2.91. The summed E-state index contributed by atoms with van der Waals surface area (Å²) in [5.41, 5.74) is 1.58. The van der Waals surface area contributed by atoms with Crippen molar-refractivity contribution in [2.24, 2.45) is 5.92 Å². The van der Waals surface area contributed by atoms with Gasteiger partial charge in [0.15, 0.2) is 0 Å². The molecule has 1 aliphatic heterocycles. The van der Waals surface area contributed by atoms with Gasteiger partial charge in [-0.3, -0.25) is 0 Å². The molecule has 4 heteroatoms. The van der Waals surface area contributed by atoms with Gasteiger partial charge in [-0.05, 0) is 70.5 Å². The van der Waals surface area contributed by atoms with Crippen LogP contribution in [0.1, 0.15) is 52.5 Å². The third-order valence-electron chi connectivity index (χ3n) is 5.44. The van der Waals surface area contributed by atoms with E-state index in [1.165, 1.54) is 24.8 Å². The molecule has 22 heavy (non-hydrogen) atoms. The van der Waals surface area contributed by atoms with E-state index in [9.17, 15) is 0 Å². The van der Waals surface area contributed by atoms with Gasteiger partial charge in [-0.1, -0.05) is 18.6 Å². The summed E-state index contributed by atoms with van der Waals surface area (Å²) in [5.74, 6) is 1.69. The first-order valence-electron chi connectivity index (χ1n) is 8.37. The van der Waals surface area contributed by atoms with Gasteiger partial charge in [0, 0.05) is 0 Å². The first-order valence-corrected chi connectivity index (χ1v) is 8.37. The van der Waals surface area contributed by atoms with Crippen LogP contribution in [0.25, 0.3) is 0 Å². The Labute approximate surface area is 134 Å². The molecule has 0 N–H and O–H groups in total. The zero-order chi connectivity index (χ0) is 16.0. The maximum atomic E-state index is 6.13. The maximum Gasteiger partial charge on any atom is 0.494 e. The highest BCUT2D eigenvalue weighted by Crippen LogP contribution is 2.36. The maximum absolute atomic E-state index is 6.13. The van der Waals surface area contributed by atoms with Crippen LogP contribution in [0.2, 0.25) is 0 Å². The van der Waals surface area contributed by atoms with Crippen molar-refractivity contribution in [1.82, 2.24) is 0 Å². The Morgan fingerprint density at radius 3 is 2.32 bits per heavy atom. The standard InChI is InChI=1S/C18H27BO3/c1-13-9-10-15(11-16(13)20-12-14-7-6-8-14)19-21-17(2,3)18(4,5)22-19/h9-11,14H,6-8,12H2,1-5H3. The highest BCUT2D eigenvalue weighted by atomic mass is 16.7. The monoisotopic (exact) mass is 302 g/mol. The highest BCUT2D eigenvalue weighted by Gasteiger charge is 2.51. The van der Waals surface area contributed by atoms with E-state index in [2.05, 4.69) is 52.8 Å². The van der Waals surface area contributed by atoms with E-state index in [0.717, 1.165) is 23.7 Å². The second kappa shape index (κ2) is 5.57. The van der Waals surface area contributed by atoms with Crippen LogP contribution in [0.15, 0.2) is 18.2 Å². The smallest absolute Gasteiger partial charge is 0.493 e. The largest absolute Gasteiger partial charge is 0.494 e. The minimum atomic E-state index is -0.323. The molecule has 1 saturated heterocycles. The molecule has 120 valence electrons. The van der Waals surface area contributed by atoms with Gasteiger partial charge in [-0.25, -0.2) is 0 Å². The van der Waals surface area contributed by atoms with Crippen molar-refractivity contribution in [3.8, 4) is 5.75 Å². The van der Waals surface area contributed by atoms with E-state index < -0.39 is 0 Å². The molecule has 3 rings (SSSR count). The first-order chi connectivity index (χ1) is 10.3. The van der Waals surface area contributed by atoms with Crippen LogP contribution in [0.4, 0.5) is 0 Å². The lowest BCUT2D eigenvalue weighted by molar-refractivity contribution is 0.00578. The lowest BCUT2D eigenvalue weighted by Crippen LogP contribution is -2.41. The van der Waals surface area contributed by atoms with Crippen LogP contribution in [-0.4, -0.2) is 24.9 Å². The first kappa shape index (κ1) is 15.9. The molecule has 1 aromatic carbocycles. The van der Waals surface area contributed by atoms with Gasteiger partial charge in [0.2, 0.25) is 0 Å². The molecular weight excluding hydrogens is 275 g/mol. The van der Waals surface area contributed by atoms with Crippen molar-refractivity contribution < 1.29 is 14.0 Å². The molecule has 2 fully saturated rings. The van der Waals surface area contributed by atoms with Gasteiger partial charge in [0.05, 0.1) is 17.8 Å². The molecule has 0 atom stereocenters. The van der Waals surface area contributed by atoms with Crippen molar-refractivity contribution >= 4 is 12.6 Å². The Hall–Kier alpha value is -0.995. The Balaban J connectivity index is 1.74. The fourth-order valence-electron chi connectivity index (χ4n) is 2.77. The van der Waals surface area contributed by atoms with Crippen molar-refractivity contribution in [3.05, 3.63) is 23.8 Å². The molecule has 1 saturated carbocycles. The third-order valence-corrected chi connectivity index (χ3v) is 5.44. The predicted octanol–water partition coefficient (Wildman–Crippen LogP) is 3.47. The fourth-order valence-corrected chi connectivity index (χ4v) is 2.77. The topological polar surface area (TPSA) is 27.7 Å². The number of hydrogen-bond donors (Lipinski definition) is 0. The molecule has 0 radical (unpaired) electrons. The second-order valence-electron chi connectivity index (χ2n) is 7.72. The summed E-state index contributed by atoms with van der Waals surface area (Å²) < 4.78 is 18.3. The van der Waals surface area contributed by atoms with Gasteiger partial charge >= 0.3 is 7.12 Å². The average molecular weight is 302 g/mol. The lowest BCUT2D eigenvalue weighted by atomic mass is 9.78. The van der Waals surface area contributed by atoms with Crippen LogP contribution in [-0.2, 0) is 9.31 Å². The van der Waals surface area contributed by atoms with E-state index in [4.69, 9.17) is 14.0 Å². The van der Waals surface area contributed by atoms with Crippen molar-refractivity contribution in [1.29, 1.82) is 0 Å². The molecule has 3 nitrogen and oxygen atoms in total. The van der Waals surface area contributed by atoms with E-state index >= 15 is 0 Å². The van der Waals surface area contributed by atoms with E-state index in [1.807, 2.05) is 0 Å². The zero-order valence-corrected chi connectivity index (χ0v) is 14.4. The summed E-state index contributed by atoms with van der Waals surface area (Å²) in [6.07, 6.45) is 3.95. The van der Waals surface area contributed by atoms with E-state index in [-0.39, 0.29) is 18.3 Å². The van der Waals surface area contributed by atoms with E-state index in [1.54, 1.807) is 0 Å². The van der Waals surface area contributed by atoms with Crippen LogP contribution >= 0.6 is 0 Å². The molecule has 0 unspecified atom stereocenters. The van der Waals surface area contributed by atoms with Gasteiger partial charge in [0.25, 0.3) is 0 Å². The summed E-state index contributed by atoms with van der Waals surface area (Å²) in [5, 5.41) is 0. The van der Waals surface area contributed by atoms with Gasteiger partial charge in [-0.2, -0.15) is 0 Å². The quantitative estimate of drug-likeness (QED) is 0.797. The van der Waals surface area contributed by atoms with Gasteiger partial charge in [-0.15, -0.1) is 0 Å². The van der Waals surface area contributed by atoms with Crippen molar-refractivity contribution in [2.75, 3.05) is 6.61 Å². The Morgan fingerprint density at radius 2 is 1.77 bits per heavy atom. The summed E-state index contributed by atoms with van der Waals surface area (Å²) in [4.78, 5) is 0. The summed E-state index contributed by atoms with van der Waals surface area (Å²) in [6, 6.07) is 6.25. The van der Waals surface area contributed by atoms with E-state index in [0.29, 0.717) is 0 Å². The minimum Gasteiger partial charge on any atom is -0.493 e. The van der Waals surface area contributed by atoms with Crippen LogP contribution in [0.3, 0.4) is 0 Å². The van der Waals surface area contributed by atoms with Gasteiger partial charge < -0.3 is 14.0 Å². The number of hydrogen-bond acceptors (Lipinski definition) is 3. The Kier molecular flexibility index (Phi) is 4.02. The average Bonchev–Trinajstić information content (AvgIpc) is 2.59. The number of aryl methyl sites for hydroxylation is 1. The fraction of sp³-hybridized carbons (Fsp3) is 0.667. The van der Waals surface area contributed by atoms with Crippen LogP contribution < -0.4 is 10.2 Å². The summed E-state index contributed by atoms with van der Waals surface area (Å²) in [6.45, 7) is 11.2. The minimum absolute atomic E-state index is 0.310. The number of benzene rings is 1. The highest BCUT2D eigenvalue weighted by molar-refractivity contribution is 6.62. The number of rotatable bonds is 4. The molecule has 1 heterocycles. The number of ether oxygens (including phenoxy) is 1. The molecule has 1 aromatic rings. The second-order valence-corrected chi connectivity index (χ2v) is 7.72. The Bertz CT molecular complexity index is 533. The molecule has 0 aromatic heterocycles. The molecule has 1 aliphatic carbocycles. The van der Waals surface area contributed by atoms with Crippen molar-refractivity contribution in [3.63, 3.8) is 0 Å². The molecule has 0 spiro atoms. The van der Waals surface area contributed by atoms with Crippen LogP contribution in [0.5, 0.6) is 5.75 Å². The molecule has 0 amide bonds. The lowest BCUT2D eigenvalue weighted by Gasteiger charge is -2.32. The van der Waals surface area contributed by atoms with Gasteiger partial charge in [0.1, 0.15) is 5.75 Å². The SMILES string of the molecule is Cc1ccc(B2OC(C)(C)C(C)(C)O2)cc1OCC1CCC1. The van der Waals surface area contributed by atoms with Crippen molar-refractivity contribution in [2.45, 2.75) is 65.1 Å². The zero-order valence-electron chi connectivity index (χ0n) is 14.4. The van der Waals surface area contributed by atoms with Crippen LogP contribution in [0, 0.1) is 12.8 Å².